The van der Waals surface area contributed by atoms with Crippen molar-refractivity contribution in [2.75, 3.05) is 0 Å². The Balaban J connectivity index is 1.74. The number of aromatic hydroxyl groups is 2. The van der Waals surface area contributed by atoms with Crippen molar-refractivity contribution >= 4 is 0 Å². The first-order valence-electron chi connectivity index (χ1n) is 12.8. The Bertz CT molecular complexity index is 709. The van der Waals surface area contributed by atoms with E-state index >= 15 is 0 Å². The summed E-state index contributed by atoms with van der Waals surface area (Å²) < 4.78 is 6.44. The minimum atomic E-state index is -0.182. The molecule has 3 atom stereocenters. The van der Waals surface area contributed by atoms with E-state index in [-0.39, 0.29) is 17.1 Å². The van der Waals surface area contributed by atoms with Gasteiger partial charge in [-0.05, 0) is 69.8 Å². The highest BCUT2D eigenvalue weighted by Crippen LogP contribution is 2.48. The Kier molecular flexibility index (Phi) is 9.58. The van der Waals surface area contributed by atoms with E-state index in [0.29, 0.717) is 5.56 Å². The predicted molar refractivity (Wildman–Crippen MR) is 131 cm³/mol. The second kappa shape index (κ2) is 11.5. The molecular formula is C28H48O3. The predicted octanol–water partition coefficient (Wildman–Crippen LogP) is 8.24. The van der Waals surface area contributed by atoms with Gasteiger partial charge in [0.1, 0.15) is 11.4 Å². The van der Waals surface area contributed by atoms with E-state index in [1.54, 1.807) is 0 Å². The van der Waals surface area contributed by atoms with Crippen LogP contribution in [0.4, 0.5) is 0 Å². The smallest absolute Gasteiger partial charge is 0.164 e. The second-order valence-corrected chi connectivity index (χ2v) is 11.2. The van der Waals surface area contributed by atoms with E-state index in [1.165, 1.54) is 51.4 Å². The SMILES string of the molecule is Cc1c(C)c2c(c(O)c1O)CCC(C)(CCCC(C)CCCC(C)CCCC(C)C)O2. The molecule has 1 heterocycles. The topological polar surface area (TPSA) is 49.7 Å². The van der Waals surface area contributed by atoms with Gasteiger partial charge < -0.3 is 14.9 Å². The fourth-order valence-corrected chi connectivity index (χ4v) is 5.04. The summed E-state index contributed by atoms with van der Waals surface area (Å²) in [7, 11) is 0. The van der Waals surface area contributed by atoms with Gasteiger partial charge in [0.15, 0.2) is 11.5 Å². The lowest BCUT2D eigenvalue weighted by molar-refractivity contribution is 0.0505. The third-order valence-corrected chi connectivity index (χ3v) is 7.57. The van der Waals surface area contributed by atoms with Crippen molar-refractivity contribution in [3.8, 4) is 17.2 Å². The van der Waals surface area contributed by atoms with Gasteiger partial charge in [0.05, 0.1) is 0 Å². The van der Waals surface area contributed by atoms with Crippen LogP contribution >= 0.6 is 0 Å². The highest BCUT2D eigenvalue weighted by Gasteiger charge is 2.35. The summed E-state index contributed by atoms with van der Waals surface area (Å²) >= 11 is 0. The third-order valence-electron chi connectivity index (χ3n) is 7.57. The van der Waals surface area contributed by atoms with Crippen LogP contribution in [0.15, 0.2) is 0 Å². The Morgan fingerprint density at radius 1 is 0.806 bits per heavy atom. The molecule has 0 aliphatic carbocycles. The molecule has 0 radical (unpaired) electrons. The molecule has 0 fully saturated rings. The second-order valence-electron chi connectivity index (χ2n) is 11.2. The van der Waals surface area contributed by atoms with Gasteiger partial charge in [0.2, 0.25) is 0 Å². The number of rotatable bonds is 12. The zero-order valence-electron chi connectivity index (χ0n) is 21.3. The van der Waals surface area contributed by atoms with E-state index in [0.717, 1.165) is 53.9 Å². The van der Waals surface area contributed by atoms with Crippen LogP contribution < -0.4 is 4.74 Å². The fraction of sp³-hybridized carbons (Fsp3) is 0.786. The third kappa shape index (κ3) is 7.32. The molecule has 3 unspecified atom stereocenters. The van der Waals surface area contributed by atoms with Crippen LogP contribution in [0.2, 0.25) is 0 Å². The van der Waals surface area contributed by atoms with Crippen LogP contribution in [0.5, 0.6) is 17.2 Å². The molecule has 0 bridgehead atoms. The van der Waals surface area contributed by atoms with Gasteiger partial charge in [-0.3, -0.25) is 0 Å². The first kappa shape index (κ1) is 25.9. The van der Waals surface area contributed by atoms with Gasteiger partial charge in [-0.1, -0.05) is 72.6 Å². The number of fused-ring (bicyclic) bond motifs is 1. The average Bonchev–Trinajstić information content (AvgIpc) is 2.70. The largest absolute Gasteiger partial charge is 0.504 e. The number of benzene rings is 1. The number of hydrogen-bond donors (Lipinski definition) is 2. The van der Waals surface area contributed by atoms with Gasteiger partial charge in [0.25, 0.3) is 0 Å². The molecule has 1 aromatic rings. The Morgan fingerprint density at radius 3 is 1.94 bits per heavy atom. The van der Waals surface area contributed by atoms with Gasteiger partial charge in [-0.25, -0.2) is 0 Å². The molecular weight excluding hydrogens is 384 g/mol. The lowest BCUT2D eigenvalue weighted by atomic mass is 9.85. The highest BCUT2D eigenvalue weighted by atomic mass is 16.5. The summed E-state index contributed by atoms with van der Waals surface area (Å²) in [6, 6.07) is 0. The van der Waals surface area contributed by atoms with Crippen molar-refractivity contribution in [1.82, 2.24) is 0 Å². The van der Waals surface area contributed by atoms with Crippen LogP contribution in [0.1, 0.15) is 116 Å². The summed E-state index contributed by atoms with van der Waals surface area (Å²) in [6.45, 7) is 15.5. The standard InChI is InChI=1S/C28H48O3/c1-19(2)11-8-12-20(3)13-9-14-21(4)15-10-17-28(7)18-16-24-26(30)25(29)22(5)23(6)27(24)31-28/h19-21,29-30H,8-18H2,1-7H3. The lowest BCUT2D eigenvalue weighted by Crippen LogP contribution is -2.36. The van der Waals surface area contributed by atoms with Gasteiger partial charge in [0, 0.05) is 11.1 Å². The molecule has 1 aliphatic rings. The molecule has 1 aliphatic heterocycles. The molecule has 0 amide bonds. The fourth-order valence-electron chi connectivity index (χ4n) is 5.04. The van der Waals surface area contributed by atoms with Crippen LogP contribution in [-0.2, 0) is 6.42 Å². The minimum Gasteiger partial charge on any atom is -0.504 e. The van der Waals surface area contributed by atoms with Crippen LogP contribution in [-0.4, -0.2) is 15.8 Å². The number of ether oxygens (including phenoxy) is 1. The van der Waals surface area contributed by atoms with Crippen LogP contribution in [0.3, 0.4) is 0 Å². The van der Waals surface area contributed by atoms with E-state index in [4.69, 9.17) is 4.74 Å². The first-order valence-corrected chi connectivity index (χ1v) is 12.8. The highest BCUT2D eigenvalue weighted by molar-refractivity contribution is 5.61. The van der Waals surface area contributed by atoms with E-state index < -0.39 is 0 Å². The normalized spacial score (nSPS) is 20.4. The summed E-state index contributed by atoms with van der Waals surface area (Å²) in [5, 5.41) is 20.5. The van der Waals surface area contributed by atoms with E-state index in [2.05, 4.69) is 34.6 Å². The molecule has 1 aromatic carbocycles. The molecule has 3 nitrogen and oxygen atoms in total. The maximum absolute atomic E-state index is 10.3. The molecule has 0 aromatic heterocycles. The maximum atomic E-state index is 10.3. The van der Waals surface area contributed by atoms with Crippen molar-refractivity contribution in [2.45, 2.75) is 125 Å². The summed E-state index contributed by atoms with van der Waals surface area (Å²) in [5.74, 6) is 3.27. The van der Waals surface area contributed by atoms with E-state index in [1.807, 2.05) is 13.8 Å². The molecule has 3 heteroatoms. The number of phenols is 2. The van der Waals surface area contributed by atoms with Crippen molar-refractivity contribution in [2.24, 2.45) is 17.8 Å². The van der Waals surface area contributed by atoms with E-state index in [9.17, 15) is 10.2 Å². The van der Waals surface area contributed by atoms with Gasteiger partial charge in [-0.2, -0.15) is 0 Å². The Hall–Kier alpha value is -1.38. The Morgan fingerprint density at radius 2 is 1.35 bits per heavy atom. The molecule has 31 heavy (non-hydrogen) atoms. The molecule has 2 rings (SSSR count). The molecule has 0 saturated carbocycles. The number of phenolic OH excluding ortho intramolecular Hbond substituents is 2. The average molecular weight is 433 g/mol. The zero-order chi connectivity index (χ0) is 23.2. The summed E-state index contributed by atoms with van der Waals surface area (Å²) in [4.78, 5) is 0. The van der Waals surface area contributed by atoms with Crippen LogP contribution in [0, 0.1) is 31.6 Å². The maximum Gasteiger partial charge on any atom is 0.164 e. The Labute approximate surface area is 191 Å². The monoisotopic (exact) mass is 432 g/mol. The number of hydrogen-bond acceptors (Lipinski definition) is 3. The van der Waals surface area contributed by atoms with Gasteiger partial charge in [-0.15, -0.1) is 0 Å². The molecule has 0 spiro atoms. The van der Waals surface area contributed by atoms with Crippen LogP contribution in [0.25, 0.3) is 0 Å². The van der Waals surface area contributed by atoms with Crippen molar-refractivity contribution < 1.29 is 14.9 Å². The van der Waals surface area contributed by atoms with Crippen molar-refractivity contribution in [1.29, 1.82) is 0 Å². The molecule has 2 N–H and O–H groups in total. The van der Waals surface area contributed by atoms with Gasteiger partial charge >= 0.3 is 0 Å². The summed E-state index contributed by atoms with van der Waals surface area (Å²) in [5.41, 5.74) is 2.26. The minimum absolute atomic E-state index is 0.00604. The zero-order valence-corrected chi connectivity index (χ0v) is 21.3. The van der Waals surface area contributed by atoms with Crippen molar-refractivity contribution in [3.63, 3.8) is 0 Å². The quantitative estimate of drug-likeness (QED) is 0.327. The van der Waals surface area contributed by atoms with Crippen molar-refractivity contribution in [3.05, 3.63) is 16.7 Å². The first-order chi connectivity index (χ1) is 14.5. The summed E-state index contributed by atoms with van der Waals surface area (Å²) in [6.07, 6.45) is 13.3. The molecule has 178 valence electrons. The lowest BCUT2D eigenvalue weighted by Gasteiger charge is -2.37. The molecule has 0 saturated heterocycles.